The van der Waals surface area contributed by atoms with Crippen LogP contribution < -0.4 is 4.90 Å². The first kappa shape index (κ1) is 23.9. The number of alkyl halides is 3. The van der Waals surface area contributed by atoms with Crippen molar-refractivity contribution < 1.29 is 27.8 Å². The van der Waals surface area contributed by atoms with Crippen molar-refractivity contribution in [1.82, 2.24) is 4.90 Å². The number of hydrogen-bond acceptors (Lipinski definition) is 6. The molecule has 31 heavy (non-hydrogen) atoms. The lowest BCUT2D eigenvalue weighted by Crippen LogP contribution is -2.52. The van der Waals surface area contributed by atoms with Crippen LogP contribution in [0, 0.1) is 11.3 Å². The number of nitrogens with zero attached hydrogens (tertiary/aromatic N) is 3. The van der Waals surface area contributed by atoms with E-state index in [1.54, 1.807) is 19.9 Å². The fraction of sp³-hybridized carbons (Fsp3) is 0.619. The van der Waals surface area contributed by atoms with Crippen molar-refractivity contribution in [3.8, 4) is 6.07 Å². The van der Waals surface area contributed by atoms with Crippen LogP contribution in [0.15, 0.2) is 18.2 Å². The van der Waals surface area contributed by atoms with Gasteiger partial charge < -0.3 is 9.84 Å². The molecule has 1 amide bonds. The molecule has 170 valence electrons. The number of ether oxygens (including phenoxy) is 1. The Morgan fingerprint density at radius 1 is 1.29 bits per heavy atom. The number of nitriles is 1. The van der Waals surface area contributed by atoms with E-state index >= 15 is 0 Å². The molecule has 0 spiro atoms. The second kappa shape index (κ2) is 8.98. The van der Waals surface area contributed by atoms with Crippen molar-refractivity contribution in [2.45, 2.75) is 68.9 Å². The maximum absolute atomic E-state index is 13.4. The molecular weight excluding hydrogens is 431 g/mol. The van der Waals surface area contributed by atoms with Crippen molar-refractivity contribution in [3.05, 3.63) is 29.3 Å². The molecule has 3 rings (SSSR count). The molecule has 10 heteroatoms. The van der Waals surface area contributed by atoms with E-state index in [1.165, 1.54) is 11.0 Å². The summed E-state index contributed by atoms with van der Waals surface area (Å²) in [6, 6.07) is 4.86. The Bertz CT molecular complexity index is 864. The molecule has 1 saturated carbocycles. The number of benzene rings is 1. The van der Waals surface area contributed by atoms with Crippen molar-refractivity contribution in [1.29, 1.82) is 5.26 Å². The summed E-state index contributed by atoms with van der Waals surface area (Å²) in [6.07, 6.45) is -1.63. The number of aliphatic hydroxyl groups is 1. The number of carbonyl (C=O) groups is 1. The van der Waals surface area contributed by atoms with Crippen LogP contribution in [-0.2, 0) is 15.7 Å². The summed E-state index contributed by atoms with van der Waals surface area (Å²) in [6.45, 7) is 3.75. The minimum atomic E-state index is -4.71. The molecule has 1 aliphatic carbocycles. The standard InChI is InChI=1S/C21H26F3N3O3S/c1-20(2)18(29)26(15-4-3-13(12-25)17(11-15)21(22,23)24)19(31)27(20)14-5-7-16(8-6-14)30-10-9-28/h3-4,11,14,16,19,28,31H,5-10H2,1-2H3. The summed E-state index contributed by atoms with van der Waals surface area (Å²) in [5.74, 6) is -0.344. The van der Waals surface area contributed by atoms with Gasteiger partial charge in [0.1, 0.15) is 5.50 Å². The Morgan fingerprint density at radius 3 is 2.48 bits per heavy atom. The SMILES string of the molecule is CC1(C)C(=O)N(c2ccc(C#N)c(C(F)(F)F)c2)C(S)N1C1CCC(OCCO)CC1. The second-order valence-electron chi connectivity index (χ2n) is 8.35. The summed E-state index contributed by atoms with van der Waals surface area (Å²) < 4.78 is 45.9. The van der Waals surface area contributed by atoms with Gasteiger partial charge in [-0.15, -0.1) is 12.6 Å². The first-order chi connectivity index (χ1) is 14.5. The number of halogens is 3. The number of amides is 1. The molecule has 1 saturated heterocycles. The van der Waals surface area contributed by atoms with E-state index in [2.05, 4.69) is 12.6 Å². The second-order valence-corrected chi connectivity index (χ2v) is 8.81. The Hall–Kier alpha value is -1.80. The molecule has 1 aromatic rings. The van der Waals surface area contributed by atoms with Gasteiger partial charge in [-0.25, -0.2) is 0 Å². The quantitative estimate of drug-likeness (QED) is 0.662. The van der Waals surface area contributed by atoms with Crippen LogP contribution in [0.1, 0.15) is 50.7 Å². The van der Waals surface area contributed by atoms with Crippen molar-refractivity contribution >= 4 is 24.2 Å². The highest BCUT2D eigenvalue weighted by Gasteiger charge is 2.54. The molecule has 1 aliphatic heterocycles. The Kier molecular flexibility index (Phi) is 6.91. The van der Waals surface area contributed by atoms with E-state index < -0.39 is 28.3 Å². The van der Waals surface area contributed by atoms with Gasteiger partial charge in [0.2, 0.25) is 5.91 Å². The normalized spacial score (nSPS) is 26.8. The minimum Gasteiger partial charge on any atom is -0.394 e. The van der Waals surface area contributed by atoms with Gasteiger partial charge in [-0.2, -0.15) is 18.4 Å². The maximum Gasteiger partial charge on any atom is 0.417 e. The van der Waals surface area contributed by atoms with Crippen LogP contribution in [0.3, 0.4) is 0 Å². The van der Waals surface area contributed by atoms with E-state index in [4.69, 9.17) is 15.1 Å². The van der Waals surface area contributed by atoms with Crippen molar-refractivity contribution in [2.24, 2.45) is 0 Å². The van der Waals surface area contributed by atoms with Gasteiger partial charge >= 0.3 is 6.18 Å². The van der Waals surface area contributed by atoms with Gasteiger partial charge in [0, 0.05) is 11.7 Å². The number of aliphatic hydroxyl groups excluding tert-OH is 1. The van der Waals surface area contributed by atoms with Crippen LogP contribution in [0.25, 0.3) is 0 Å². The molecule has 1 unspecified atom stereocenters. The lowest BCUT2D eigenvalue weighted by atomic mass is 9.89. The smallest absolute Gasteiger partial charge is 0.394 e. The highest BCUT2D eigenvalue weighted by atomic mass is 32.1. The maximum atomic E-state index is 13.4. The predicted octanol–water partition coefficient (Wildman–Crippen LogP) is 3.54. The van der Waals surface area contributed by atoms with Gasteiger partial charge in [-0.1, -0.05) is 0 Å². The zero-order valence-electron chi connectivity index (χ0n) is 17.4. The van der Waals surface area contributed by atoms with E-state index in [1.807, 2.05) is 4.90 Å². The minimum absolute atomic E-state index is 0.0147. The summed E-state index contributed by atoms with van der Waals surface area (Å²) in [5.41, 5.74) is -3.19. The summed E-state index contributed by atoms with van der Waals surface area (Å²) in [7, 11) is 0. The van der Waals surface area contributed by atoms with Gasteiger partial charge in [-0.3, -0.25) is 14.6 Å². The summed E-state index contributed by atoms with van der Waals surface area (Å²) in [5, 5.41) is 18.0. The number of rotatable bonds is 5. The summed E-state index contributed by atoms with van der Waals surface area (Å²) in [4.78, 5) is 16.5. The van der Waals surface area contributed by atoms with Gasteiger partial charge in [0.25, 0.3) is 0 Å². The highest BCUT2D eigenvalue weighted by molar-refractivity contribution is 7.81. The number of hydrogen-bond donors (Lipinski definition) is 2. The van der Waals surface area contributed by atoms with E-state index in [0.717, 1.165) is 37.8 Å². The number of anilines is 1. The molecule has 1 heterocycles. The molecule has 2 aliphatic rings. The number of thiol groups is 1. The third-order valence-electron chi connectivity index (χ3n) is 6.06. The molecule has 1 atom stereocenters. The third-order valence-corrected chi connectivity index (χ3v) is 6.54. The monoisotopic (exact) mass is 457 g/mol. The van der Waals surface area contributed by atoms with Crippen LogP contribution >= 0.6 is 12.6 Å². The molecule has 2 fully saturated rings. The highest BCUT2D eigenvalue weighted by Crippen LogP contribution is 2.43. The number of carbonyl (C=O) groups excluding carboxylic acids is 1. The average Bonchev–Trinajstić information content (AvgIpc) is 2.90. The largest absolute Gasteiger partial charge is 0.417 e. The third kappa shape index (κ3) is 4.55. The van der Waals surface area contributed by atoms with Crippen LogP contribution in [-0.4, -0.2) is 52.3 Å². The Labute approximate surface area is 185 Å². The van der Waals surface area contributed by atoms with E-state index in [9.17, 15) is 18.0 Å². The summed E-state index contributed by atoms with van der Waals surface area (Å²) >= 11 is 4.63. The van der Waals surface area contributed by atoms with Crippen LogP contribution in [0.2, 0.25) is 0 Å². The zero-order chi connectivity index (χ0) is 23.0. The van der Waals surface area contributed by atoms with Gasteiger partial charge in [0.05, 0.1) is 42.1 Å². The van der Waals surface area contributed by atoms with Crippen molar-refractivity contribution in [2.75, 3.05) is 18.1 Å². The molecule has 0 bridgehead atoms. The molecule has 0 aromatic heterocycles. The topological polar surface area (TPSA) is 76.8 Å². The molecule has 0 radical (unpaired) electrons. The molecule has 1 aromatic carbocycles. The molecule has 1 N–H and O–H groups in total. The van der Waals surface area contributed by atoms with Crippen LogP contribution in [0.4, 0.5) is 18.9 Å². The van der Waals surface area contributed by atoms with Crippen molar-refractivity contribution in [3.63, 3.8) is 0 Å². The van der Waals surface area contributed by atoms with E-state index in [-0.39, 0.29) is 37.0 Å². The Balaban J connectivity index is 1.87. The average molecular weight is 458 g/mol. The zero-order valence-corrected chi connectivity index (χ0v) is 18.3. The van der Waals surface area contributed by atoms with Gasteiger partial charge in [-0.05, 0) is 57.7 Å². The first-order valence-electron chi connectivity index (χ1n) is 10.2. The Morgan fingerprint density at radius 2 is 1.94 bits per heavy atom. The fourth-order valence-corrected chi connectivity index (χ4v) is 5.26. The van der Waals surface area contributed by atoms with Gasteiger partial charge in [0.15, 0.2) is 0 Å². The molecule has 6 nitrogen and oxygen atoms in total. The fourth-order valence-electron chi connectivity index (χ4n) is 4.54. The predicted molar refractivity (Wildman–Crippen MR) is 111 cm³/mol. The molecular formula is C21H26F3N3O3S. The first-order valence-corrected chi connectivity index (χ1v) is 10.7. The van der Waals surface area contributed by atoms with Crippen LogP contribution in [0.5, 0.6) is 0 Å². The van der Waals surface area contributed by atoms with E-state index in [0.29, 0.717) is 0 Å². The lowest BCUT2D eigenvalue weighted by molar-refractivity contribution is -0.137. The lowest BCUT2D eigenvalue weighted by Gasteiger charge is -2.41.